The third kappa shape index (κ3) is 37.4. The normalized spacial score (nSPS) is 13.0. The highest BCUT2D eigenvalue weighted by molar-refractivity contribution is 5.72. The molecule has 0 bridgehead atoms. The summed E-state index contributed by atoms with van der Waals surface area (Å²) in [5.74, 6) is -1.46. The molecule has 0 aliphatic heterocycles. The molecule has 324 valence electrons. The number of likely N-dealkylation sites (N-methyl/N-ethyl adjacent to an activating group) is 1. The highest BCUT2D eigenvalue weighted by Crippen LogP contribution is 2.15. The fourth-order valence-electron chi connectivity index (χ4n) is 7.03. The molecule has 0 heterocycles. The molecular weight excluding hydrogens is 691 g/mol. The summed E-state index contributed by atoms with van der Waals surface area (Å²) in [7, 11) is 5.53. The fraction of sp³-hybridized carbons (Fsp3) is 0.894. The van der Waals surface area contributed by atoms with E-state index in [2.05, 4.69) is 26.0 Å². The molecule has 2 unspecified atom stereocenters. The first kappa shape index (κ1) is 53.1. The molecule has 0 fully saturated rings. The molecule has 0 saturated carbocycles. The van der Waals surface area contributed by atoms with Gasteiger partial charge < -0.3 is 23.8 Å². The van der Waals surface area contributed by atoms with Gasteiger partial charge >= 0.3 is 17.9 Å². The average Bonchev–Trinajstić information content (AvgIpc) is 3.14. The van der Waals surface area contributed by atoms with Gasteiger partial charge in [0.2, 0.25) is 0 Å². The largest absolute Gasteiger partial charge is 0.477 e. The number of carboxylic acid groups (broad SMARTS) is 1. The number of carboxylic acids is 1. The number of nitrogens with zero attached hydrogens (tertiary/aromatic N) is 1. The Bertz CT molecular complexity index is 915. The third-order valence-electron chi connectivity index (χ3n) is 10.7. The summed E-state index contributed by atoms with van der Waals surface area (Å²) in [6.07, 6.45) is 41.0. The lowest BCUT2D eigenvalue weighted by Crippen LogP contribution is -2.50. The molecule has 1 N–H and O–H groups in total. The van der Waals surface area contributed by atoms with Gasteiger partial charge in [0.05, 0.1) is 34.4 Å². The van der Waals surface area contributed by atoms with Crippen LogP contribution in [0.1, 0.15) is 219 Å². The summed E-state index contributed by atoms with van der Waals surface area (Å²) in [5, 5.41) is 9.62. The Morgan fingerprint density at radius 2 is 0.909 bits per heavy atom. The smallest absolute Gasteiger partial charge is 0.362 e. The Hall–Kier alpha value is -1.93. The van der Waals surface area contributed by atoms with E-state index in [4.69, 9.17) is 14.2 Å². The molecule has 0 aromatic rings. The van der Waals surface area contributed by atoms with E-state index in [1.807, 2.05) is 21.1 Å². The van der Waals surface area contributed by atoms with Gasteiger partial charge in [-0.1, -0.05) is 174 Å². The average molecular weight is 781 g/mol. The van der Waals surface area contributed by atoms with Gasteiger partial charge in [-0.2, -0.15) is 0 Å². The molecule has 0 aromatic heterocycles. The lowest BCUT2D eigenvalue weighted by Gasteiger charge is -2.31. The standard InChI is InChI=1S/C47H89NO7/c1-6-8-10-12-14-16-18-20-22-24-26-28-30-32-34-36-38-46(50)55-43(41-53-40-39-44(47(51)52)48(3,4)5)42-54-45(49)37-35-33-31-29-27-25-23-21-19-17-15-13-11-9-7-2/h22,24,43-44H,6-21,23,25-42H2,1-5H3/p+1/b24-22-. The second kappa shape index (κ2) is 38.9. The minimum atomic E-state index is -0.873. The summed E-state index contributed by atoms with van der Waals surface area (Å²) >= 11 is 0. The van der Waals surface area contributed by atoms with Crippen LogP contribution in [-0.4, -0.2) is 80.6 Å². The Morgan fingerprint density at radius 1 is 0.527 bits per heavy atom. The molecule has 0 spiro atoms. The molecule has 0 radical (unpaired) electrons. The van der Waals surface area contributed by atoms with Crippen LogP contribution in [-0.2, 0) is 28.6 Å². The minimum absolute atomic E-state index is 0.0481. The SMILES string of the molecule is CCCCCCCCC/C=C\CCCCCCCC(=O)OC(COCCC(C(=O)O)[N+](C)(C)C)COC(=O)CCCCCCCCCCCCCCCCC. The number of carbonyl (C=O) groups excluding carboxylic acids is 2. The third-order valence-corrected chi connectivity index (χ3v) is 10.7. The fourth-order valence-corrected chi connectivity index (χ4v) is 7.03. The van der Waals surface area contributed by atoms with Crippen LogP contribution >= 0.6 is 0 Å². The summed E-state index contributed by atoms with van der Waals surface area (Å²) in [6, 6.07) is -0.611. The Balaban J connectivity index is 4.30. The van der Waals surface area contributed by atoms with Crippen molar-refractivity contribution >= 4 is 17.9 Å². The predicted molar refractivity (Wildman–Crippen MR) is 229 cm³/mol. The van der Waals surface area contributed by atoms with E-state index in [0.717, 1.165) is 51.4 Å². The van der Waals surface area contributed by atoms with Gasteiger partial charge in [0.15, 0.2) is 12.1 Å². The number of hydrogen-bond acceptors (Lipinski definition) is 6. The first-order chi connectivity index (χ1) is 26.6. The first-order valence-corrected chi connectivity index (χ1v) is 23.2. The zero-order valence-electron chi connectivity index (χ0n) is 36.9. The number of hydrogen-bond donors (Lipinski definition) is 1. The first-order valence-electron chi connectivity index (χ1n) is 23.2. The zero-order valence-corrected chi connectivity index (χ0v) is 36.9. The molecule has 0 aliphatic rings. The summed E-state index contributed by atoms with van der Waals surface area (Å²) in [6.45, 7) is 4.75. The highest BCUT2D eigenvalue weighted by atomic mass is 16.6. The highest BCUT2D eigenvalue weighted by Gasteiger charge is 2.31. The van der Waals surface area contributed by atoms with Crippen LogP contribution in [0.4, 0.5) is 0 Å². The molecule has 2 atom stereocenters. The van der Waals surface area contributed by atoms with Crippen molar-refractivity contribution in [2.24, 2.45) is 0 Å². The molecule has 0 aromatic carbocycles. The van der Waals surface area contributed by atoms with Gasteiger partial charge in [-0.3, -0.25) is 9.59 Å². The number of carbonyl (C=O) groups is 3. The van der Waals surface area contributed by atoms with Gasteiger partial charge in [0.25, 0.3) is 0 Å². The van der Waals surface area contributed by atoms with E-state index >= 15 is 0 Å². The van der Waals surface area contributed by atoms with Gasteiger partial charge in [0, 0.05) is 19.3 Å². The van der Waals surface area contributed by atoms with Crippen LogP contribution < -0.4 is 0 Å². The van der Waals surface area contributed by atoms with Crippen LogP contribution in [0.25, 0.3) is 0 Å². The number of allylic oxidation sites excluding steroid dienone is 2. The number of rotatable bonds is 42. The van der Waals surface area contributed by atoms with E-state index < -0.39 is 18.1 Å². The summed E-state index contributed by atoms with van der Waals surface area (Å²) in [4.78, 5) is 37.0. The molecule has 55 heavy (non-hydrogen) atoms. The molecule has 0 amide bonds. The summed E-state index contributed by atoms with van der Waals surface area (Å²) < 4.78 is 17.3. The predicted octanol–water partition coefficient (Wildman–Crippen LogP) is 12.7. The van der Waals surface area contributed by atoms with Gasteiger partial charge in [-0.25, -0.2) is 4.79 Å². The maximum Gasteiger partial charge on any atom is 0.362 e. The maximum absolute atomic E-state index is 12.7. The topological polar surface area (TPSA) is 99.1 Å². The van der Waals surface area contributed by atoms with E-state index in [9.17, 15) is 19.5 Å². The van der Waals surface area contributed by atoms with Crippen molar-refractivity contribution in [3.05, 3.63) is 12.2 Å². The van der Waals surface area contributed by atoms with Crippen molar-refractivity contribution in [3.63, 3.8) is 0 Å². The van der Waals surface area contributed by atoms with Crippen LogP contribution in [0.2, 0.25) is 0 Å². The van der Waals surface area contributed by atoms with Crippen molar-refractivity contribution in [2.45, 2.75) is 231 Å². The molecule has 8 heteroatoms. The lowest BCUT2D eigenvalue weighted by atomic mass is 10.0. The number of unbranched alkanes of at least 4 members (excludes halogenated alkanes) is 26. The molecule has 0 aliphatic carbocycles. The van der Waals surface area contributed by atoms with Crippen LogP contribution in [0.3, 0.4) is 0 Å². The second-order valence-corrected chi connectivity index (χ2v) is 17.0. The number of ether oxygens (including phenoxy) is 3. The number of aliphatic carboxylic acids is 1. The monoisotopic (exact) mass is 781 g/mol. The second-order valence-electron chi connectivity index (χ2n) is 17.0. The number of quaternary nitrogens is 1. The molecule has 8 nitrogen and oxygen atoms in total. The molecular formula is C47H90NO7+. The Labute approximate surface area is 339 Å². The van der Waals surface area contributed by atoms with Crippen molar-refractivity contribution in [1.29, 1.82) is 0 Å². The van der Waals surface area contributed by atoms with E-state index in [-0.39, 0.29) is 36.2 Å². The van der Waals surface area contributed by atoms with Crippen LogP contribution in [0.15, 0.2) is 12.2 Å². The number of esters is 2. The lowest BCUT2D eigenvalue weighted by molar-refractivity contribution is -0.887. The van der Waals surface area contributed by atoms with Gasteiger partial charge in [0.1, 0.15) is 6.61 Å². The van der Waals surface area contributed by atoms with Crippen LogP contribution in [0.5, 0.6) is 0 Å². The van der Waals surface area contributed by atoms with Gasteiger partial charge in [-0.15, -0.1) is 0 Å². The summed E-state index contributed by atoms with van der Waals surface area (Å²) in [5.41, 5.74) is 0. The Morgan fingerprint density at radius 3 is 1.31 bits per heavy atom. The van der Waals surface area contributed by atoms with E-state index in [1.54, 1.807) is 0 Å². The van der Waals surface area contributed by atoms with Crippen molar-refractivity contribution in [2.75, 3.05) is 41.0 Å². The van der Waals surface area contributed by atoms with E-state index in [1.165, 1.54) is 135 Å². The molecule has 0 rings (SSSR count). The minimum Gasteiger partial charge on any atom is -0.477 e. The van der Waals surface area contributed by atoms with E-state index in [0.29, 0.717) is 19.3 Å². The van der Waals surface area contributed by atoms with Crippen LogP contribution in [0, 0.1) is 0 Å². The van der Waals surface area contributed by atoms with Gasteiger partial charge in [-0.05, 0) is 38.5 Å². The van der Waals surface area contributed by atoms with Crippen molar-refractivity contribution in [1.82, 2.24) is 0 Å². The Kier molecular flexibility index (Phi) is 37.6. The quantitative estimate of drug-likeness (QED) is 0.0285. The molecule has 0 saturated heterocycles. The zero-order chi connectivity index (χ0) is 40.7. The van der Waals surface area contributed by atoms with Crippen molar-refractivity contribution in [3.8, 4) is 0 Å². The van der Waals surface area contributed by atoms with Crippen molar-refractivity contribution < 1.29 is 38.2 Å². The maximum atomic E-state index is 12.7.